The molecule has 1 aromatic carbocycles. The minimum Gasteiger partial charge on any atom is -0.481 e. The highest BCUT2D eigenvalue weighted by Gasteiger charge is 2.18. The Morgan fingerprint density at radius 2 is 2.05 bits per heavy atom. The zero-order chi connectivity index (χ0) is 13.8. The summed E-state index contributed by atoms with van der Waals surface area (Å²) in [6, 6.07) is 9.03. The third kappa shape index (κ3) is 2.89. The molecule has 4 N–H and O–H groups in total. The van der Waals surface area contributed by atoms with E-state index in [0.29, 0.717) is 0 Å². The fourth-order valence-electron chi connectivity index (χ4n) is 1.49. The van der Waals surface area contributed by atoms with Gasteiger partial charge in [-0.1, -0.05) is 30.3 Å². The summed E-state index contributed by atoms with van der Waals surface area (Å²) in [7, 11) is 0. The van der Waals surface area contributed by atoms with Crippen LogP contribution in [-0.4, -0.2) is 21.0 Å². The van der Waals surface area contributed by atoms with Crippen LogP contribution in [0, 0.1) is 0 Å². The van der Waals surface area contributed by atoms with Gasteiger partial charge in [0.05, 0.1) is 0 Å². The molecule has 7 nitrogen and oxygen atoms in total. The van der Waals surface area contributed by atoms with E-state index in [4.69, 9.17) is 15.6 Å². The summed E-state index contributed by atoms with van der Waals surface area (Å²) in [5, 5.41) is 8.96. The van der Waals surface area contributed by atoms with Crippen molar-refractivity contribution in [1.82, 2.24) is 9.97 Å². The molecule has 1 aromatic heterocycles. The van der Waals surface area contributed by atoms with Gasteiger partial charge in [0, 0.05) is 0 Å². The summed E-state index contributed by atoms with van der Waals surface area (Å²) in [4.78, 5) is 28.3. The van der Waals surface area contributed by atoms with Gasteiger partial charge in [-0.2, -0.15) is 0 Å². The van der Waals surface area contributed by atoms with Gasteiger partial charge in [-0.15, -0.1) is 0 Å². The molecule has 0 amide bonds. The van der Waals surface area contributed by atoms with Crippen LogP contribution in [0.3, 0.4) is 0 Å². The van der Waals surface area contributed by atoms with E-state index >= 15 is 0 Å². The van der Waals surface area contributed by atoms with Crippen molar-refractivity contribution in [3.63, 3.8) is 0 Å². The van der Waals surface area contributed by atoms with E-state index in [0.717, 1.165) is 5.56 Å². The minimum atomic E-state index is -1.37. The number of carboxylic acids is 1. The molecule has 0 saturated carbocycles. The van der Waals surface area contributed by atoms with Crippen LogP contribution < -0.4 is 16.0 Å². The van der Waals surface area contributed by atoms with Gasteiger partial charge in [0.15, 0.2) is 5.69 Å². The second kappa shape index (κ2) is 5.21. The van der Waals surface area contributed by atoms with Crippen molar-refractivity contribution >= 4 is 11.9 Å². The number of nitrogens with one attached hydrogen (secondary N) is 1. The Morgan fingerprint density at radius 1 is 1.37 bits per heavy atom. The summed E-state index contributed by atoms with van der Waals surface area (Å²) < 4.78 is 5.23. The first-order chi connectivity index (χ1) is 9.08. The first-order valence-electron chi connectivity index (χ1n) is 5.37. The molecule has 0 aliphatic carbocycles. The topological polar surface area (TPSA) is 118 Å². The van der Waals surface area contributed by atoms with Crippen molar-refractivity contribution in [2.24, 2.45) is 0 Å². The van der Waals surface area contributed by atoms with Crippen LogP contribution >= 0.6 is 0 Å². The van der Waals surface area contributed by atoms with Crippen LogP contribution in [0.5, 0.6) is 5.75 Å². The lowest BCUT2D eigenvalue weighted by Gasteiger charge is -2.07. The number of anilines is 1. The van der Waals surface area contributed by atoms with Crippen molar-refractivity contribution in [2.45, 2.75) is 6.61 Å². The Hall–Kier alpha value is -2.83. The number of nitrogen functional groups attached to an aromatic ring is 1. The van der Waals surface area contributed by atoms with Crippen LogP contribution in [0.1, 0.15) is 16.1 Å². The average molecular weight is 261 g/mol. The maximum absolute atomic E-state index is 11.6. The first-order valence-corrected chi connectivity index (χ1v) is 5.37. The minimum absolute atomic E-state index is 0.0653. The van der Waals surface area contributed by atoms with Crippen molar-refractivity contribution < 1.29 is 14.6 Å². The highest BCUT2D eigenvalue weighted by molar-refractivity contribution is 5.88. The third-order valence-electron chi connectivity index (χ3n) is 2.32. The summed E-state index contributed by atoms with van der Waals surface area (Å²) in [5.41, 5.74) is 4.86. The number of carboxylic acid groups (broad SMARTS) is 1. The van der Waals surface area contributed by atoms with E-state index in [-0.39, 0.29) is 18.3 Å². The predicted molar refractivity (Wildman–Crippen MR) is 67.0 cm³/mol. The first kappa shape index (κ1) is 12.6. The Kier molecular flexibility index (Phi) is 3.46. The molecule has 0 aliphatic heterocycles. The molecule has 0 atom stereocenters. The molecule has 0 unspecified atom stereocenters. The SMILES string of the molecule is Nc1nc(C(=O)O)c(OCc2ccccc2)c(=O)[nH]1. The fraction of sp³-hybridized carbons (Fsp3) is 0.0833. The van der Waals surface area contributed by atoms with Crippen molar-refractivity contribution in [3.8, 4) is 5.75 Å². The van der Waals surface area contributed by atoms with Crippen LogP contribution in [0.15, 0.2) is 35.1 Å². The van der Waals surface area contributed by atoms with Gasteiger partial charge in [0.1, 0.15) is 6.61 Å². The highest BCUT2D eigenvalue weighted by atomic mass is 16.5. The number of ether oxygens (including phenoxy) is 1. The Balaban J connectivity index is 2.30. The molecule has 0 fully saturated rings. The van der Waals surface area contributed by atoms with Crippen molar-refractivity contribution in [1.29, 1.82) is 0 Å². The molecule has 0 aliphatic rings. The van der Waals surface area contributed by atoms with Crippen LogP contribution in [0.2, 0.25) is 0 Å². The Bertz CT molecular complexity index is 652. The molecule has 7 heteroatoms. The largest absolute Gasteiger partial charge is 0.481 e. The number of rotatable bonds is 4. The molecular weight excluding hydrogens is 250 g/mol. The predicted octanol–water partition coefficient (Wildman–Crippen LogP) is 0.629. The lowest BCUT2D eigenvalue weighted by molar-refractivity contribution is 0.0684. The molecule has 98 valence electrons. The number of H-pyrrole nitrogens is 1. The normalized spacial score (nSPS) is 10.1. The number of nitrogens with zero attached hydrogens (tertiary/aromatic N) is 1. The van der Waals surface area contributed by atoms with Gasteiger partial charge < -0.3 is 15.6 Å². The second-order valence-electron chi connectivity index (χ2n) is 3.71. The maximum atomic E-state index is 11.6. The second-order valence-corrected chi connectivity index (χ2v) is 3.71. The molecular formula is C12H11N3O4. The number of benzene rings is 1. The molecule has 0 spiro atoms. The zero-order valence-corrected chi connectivity index (χ0v) is 9.79. The Labute approximate surface area is 107 Å². The smallest absolute Gasteiger partial charge is 0.358 e. The third-order valence-corrected chi connectivity index (χ3v) is 2.32. The van der Waals surface area contributed by atoms with Gasteiger partial charge in [-0.25, -0.2) is 9.78 Å². The fourth-order valence-corrected chi connectivity index (χ4v) is 1.49. The monoisotopic (exact) mass is 261 g/mol. The maximum Gasteiger partial charge on any atom is 0.358 e. The number of aromatic nitrogens is 2. The summed E-state index contributed by atoms with van der Waals surface area (Å²) in [5.74, 6) is -2.00. The van der Waals surface area contributed by atoms with E-state index in [9.17, 15) is 9.59 Å². The molecule has 2 rings (SSSR count). The van der Waals surface area contributed by atoms with E-state index in [1.807, 2.05) is 18.2 Å². The molecule has 2 aromatic rings. The lowest BCUT2D eigenvalue weighted by Crippen LogP contribution is -2.20. The van der Waals surface area contributed by atoms with E-state index in [1.54, 1.807) is 12.1 Å². The van der Waals surface area contributed by atoms with E-state index < -0.39 is 17.2 Å². The average Bonchev–Trinajstić information content (AvgIpc) is 2.38. The van der Waals surface area contributed by atoms with E-state index in [2.05, 4.69) is 9.97 Å². The van der Waals surface area contributed by atoms with E-state index in [1.165, 1.54) is 0 Å². The summed E-state index contributed by atoms with van der Waals surface area (Å²) >= 11 is 0. The van der Waals surface area contributed by atoms with Crippen LogP contribution in [0.4, 0.5) is 5.95 Å². The van der Waals surface area contributed by atoms with Gasteiger partial charge in [-0.05, 0) is 5.56 Å². The van der Waals surface area contributed by atoms with Gasteiger partial charge in [-0.3, -0.25) is 9.78 Å². The lowest BCUT2D eigenvalue weighted by atomic mass is 10.2. The Morgan fingerprint density at radius 3 is 2.68 bits per heavy atom. The van der Waals surface area contributed by atoms with Crippen molar-refractivity contribution in [3.05, 3.63) is 51.9 Å². The molecule has 0 saturated heterocycles. The number of aromatic carboxylic acids is 1. The number of hydrogen-bond donors (Lipinski definition) is 3. The van der Waals surface area contributed by atoms with Gasteiger partial charge in [0.2, 0.25) is 11.7 Å². The molecule has 0 radical (unpaired) electrons. The van der Waals surface area contributed by atoms with Crippen LogP contribution in [-0.2, 0) is 6.61 Å². The number of carbonyl (C=O) groups is 1. The number of aromatic amines is 1. The quantitative estimate of drug-likeness (QED) is 0.742. The zero-order valence-electron chi connectivity index (χ0n) is 9.79. The standard InChI is InChI=1S/C12H11N3O4/c13-12-14-8(11(17)18)9(10(16)15-12)19-6-7-4-2-1-3-5-7/h1-5H,6H2,(H,17,18)(H3,13,14,15,16). The van der Waals surface area contributed by atoms with Gasteiger partial charge >= 0.3 is 5.97 Å². The number of nitrogens with two attached hydrogens (primary N) is 1. The molecule has 19 heavy (non-hydrogen) atoms. The summed E-state index contributed by atoms with van der Waals surface area (Å²) in [6.07, 6.45) is 0. The van der Waals surface area contributed by atoms with Crippen LogP contribution in [0.25, 0.3) is 0 Å². The highest BCUT2D eigenvalue weighted by Crippen LogP contribution is 2.13. The molecule has 0 bridgehead atoms. The van der Waals surface area contributed by atoms with Gasteiger partial charge in [0.25, 0.3) is 5.56 Å². The molecule has 1 heterocycles. The van der Waals surface area contributed by atoms with Crippen molar-refractivity contribution in [2.75, 3.05) is 5.73 Å². The number of hydrogen-bond acceptors (Lipinski definition) is 5. The summed E-state index contributed by atoms with van der Waals surface area (Å²) in [6.45, 7) is 0.0653.